The first-order chi connectivity index (χ1) is 12.7. The summed E-state index contributed by atoms with van der Waals surface area (Å²) in [6, 6.07) is 9.52. The van der Waals surface area contributed by atoms with Crippen LogP contribution in [0.4, 0.5) is 17.7 Å². The third-order valence-corrected chi connectivity index (χ3v) is 3.64. The zero-order valence-corrected chi connectivity index (χ0v) is 14.0. The summed E-state index contributed by atoms with van der Waals surface area (Å²) in [6.45, 7) is 2.13. The first-order valence-electron chi connectivity index (χ1n) is 8.06. The van der Waals surface area contributed by atoms with Gasteiger partial charge in [-0.2, -0.15) is 20.1 Å². The molecule has 4 N–H and O–H groups in total. The van der Waals surface area contributed by atoms with E-state index in [1.807, 2.05) is 28.8 Å². The van der Waals surface area contributed by atoms with E-state index >= 15 is 0 Å². The van der Waals surface area contributed by atoms with E-state index < -0.39 is 0 Å². The Morgan fingerprint density at radius 1 is 1.12 bits per heavy atom. The molecule has 0 unspecified atom stereocenters. The molecule has 0 aliphatic rings. The highest BCUT2D eigenvalue weighted by molar-refractivity contribution is 5.81. The molecule has 3 aromatic heterocycles. The molecule has 0 radical (unpaired) electrons. The number of aryl methyl sites for hydroxylation is 1. The average molecular weight is 351 g/mol. The van der Waals surface area contributed by atoms with Crippen molar-refractivity contribution in [2.75, 3.05) is 23.8 Å². The van der Waals surface area contributed by atoms with Gasteiger partial charge in [-0.25, -0.2) is 9.55 Å². The second kappa shape index (κ2) is 6.76. The van der Waals surface area contributed by atoms with E-state index in [1.165, 1.54) is 0 Å². The quantitative estimate of drug-likeness (QED) is 0.410. The molecule has 1 aromatic carbocycles. The Hall–Kier alpha value is -3.53. The number of fused-ring (bicyclic) bond motifs is 1. The molecule has 10 nitrogen and oxygen atoms in total. The fourth-order valence-electron chi connectivity index (χ4n) is 2.57. The number of hydrogen-bond acceptors (Lipinski definition) is 8. The minimum Gasteiger partial charge on any atom is -0.395 e. The molecule has 0 aliphatic carbocycles. The third kappa shape index (κ3) is 3.05. The maximum Gasteiger partial charge on any atom is 0.242 e. The summed E-state index contributed by atoms with van der Waals surface area (Å²) in [6.07, 6.45) is 1.65. The zero-order chi connectivity index (χ0) is 17.9. The predicted octanol–water partition coefficient (Wildman–Crippen LogP) is 1.39. The summed E-state index contributed by atoms with van der Waals surface area (Å²) in [7, 11) is 0. The van der Waals surface area contributed by atoms with Gasteiger partial charge in [0.15, 0.2) is 0 Å². The molecule has 0 fully saturated rings. The smallest absolute Gasteiger partial charge is 0.242 e. The maximum atomic E-state index is 9.01. The van der Waals surface area contributed by atoms with Crippen molar-refractivity contribution in [2.24, 2.45) is 0 Å². The number of aliphatic hydroxyl groups is 1. The number of rotatable bonds is 6. The minimum absolute atomic E-state index is 0.0132. The van der Waals surface area contributed by atoms with E-state index in [4.69, 9.17) is 5.11 Å². The van der Waals surface area contributed by atoms with Gasteiger partial charge < -0.3 is 15.7 Å². The summed E-state index contributed by atoms with van der Waals surface area (Å²) in [4.78, 5) is 17.8. The number of imidazole rings is 1. The van der Waals surface area contributed by atoms with E-state index in [9.17, 15) is 0 Å². The van der Waals surface area contributed by atoms with Gasteiger partial charge in [-0.1, -0.05) is 12.1 Å². The Bertz CT molecular complexity index is 1030. The SMILES string of the molecule is Cc1nc(NCCO)nc(-n2c(Nc3ccn[nH]3)nc3ccccc32)n1. The van der Waals surface area contributed by atoms with Gasteiger partial charge in [0.2, 0.25) is 17.8 Å². The van der Waals surface area contributed by atoms with Gasteiger partial charge in [0.05, 0.1) is 23.8 Å². The van der Waals surface area contributed by atoms with Crippen LogP contribution in [0.2, 0.25) is 0 Å². The van der Waals surface area contributed by atoms with E-state index in [0.29, 0.717) is 36.0 Å². The fourth-order valence-corrected chi connectivity index (χ4v) is 2.57. The molecule has 10 heteroatoms. The van der Waals surface area contributed by atoms with E-state index in [-0.39, 0.29) is 6.61 Å². The number of aliphatic hydroxyl groups excluding tert-OH is 1. The molecule has 0 atom stereocenters. The summed E-state index contributed by atoms with van der Waals surface area (Å²) in [5.41, 5.74) is 1.66. The van der Waals surface area contributed by atoms with Crippen LogP contribution in [-0.4, -0.2) is 53.0 Å². The van der Waals surface area contributed by atoms with E-state index in [0.717, 1.165) is 11.0 Å². The molecule has 0 saturated carbocycles. The summed E-state index contributed by atoms with van der Waals surface area (Å²) in [5.74, 6) is 2.63. The molecule has 26 heavy (non-hydrogen) atoms. The van der Waals surface area contributed by atoms with Crippen molar-refractivity contribution >= 4 is 28.7 Å². The van der Waals surface area contributed by atoms with Crippen molar-refractivity contribution in [3.63, 3.8) is 0 Å². The summed E-state index contributed by atoms with van der Waals surface area (Å²) < 4.78 is 1.81. The van der Waals surface area contributed by atoms with Gasteiger partial charge in [0.25, 0.3) is 0 Å². The number of nitrogens with zero attached hydrogens (tertiary/aromatic N) is 6. The van der Waals surface area contributed by atoms with Crippen molar-refractivity contribution < 1.29 is 5.11 Å². The second-order valence-electron chi connectivity index (χ2n) is 5.51. The summed E-state index contributed by atoms with van der Waals surface area (Å²) >= 11 is 0. The highest BCUT2D eigenvalue weighted by atomic mass is 16.3. The first-order valence-corrected chi connectivity index (χ1v) is 8.06. The minimum atomic E-state index is -0.0132. The van der Waals surface area contributed by atoms with Crippen LogP contribution in [0.3, 0.4) is 0 Å². The first kappa shape index (κ1) is 16.0. The number of nitrogens with one attached hydrogen (secondary N) is 3. The van der Waals surface area contributed by atoms with Gasteiger partial charge in [-0.15, -0.1) is 0 Å². The molecule has 132 valence electrons. The van der Waals surface area contributed by atoms with E-state index in [1.54, 1.807) is 19.2 Å². The van der Waals surface area contributed by atoms with Crippen molar-refractivity contribution in [1.82, 2.24) is 34.7 Å². The number of aromatic nitrogens is 7. The number of anilines is 3. The lowest BCUT2D eigenvalue weighted by Crippen LogP contribution is -2.13. The number of para-hydroxylation sites is 2. The van der Waals surface area contributed by atoms with Gasteiger partial charge in [-0.05, 0) is 19.1 Å². The van der Waals surface area contributed by atoms with Crippen LogP contribution in [0, 0.1) is 6.92 Å². The van der Waals surface area contributed by atoms with Gasteiger partial charge in [-0.3, -0.25) is 5.10 Å². The number of H-pyrrole nitrogens is 1. The molecular formula is C16H17N9O. The normalized spacial score (nSPS) is 11.0. The maximum absolute atomic E-state index is 9.01. The lowest BCUT2D eigenvalue weighted by atomic mass is 10.3. The second-order valence-corrected chi connectivity index (χ2v) is 5.51. The Kier molecular flexibility index (Phi) is 4.15. The zero-order valence-electron chi connectivity index (χ0n) is 14.0. The lowest BCUT2D eigenvalue weighted by molar-refractivity contribution is 0.310. The van der Waals surface area contributed by atoms with Crippen molar-refractivity contribution in [3.05, 3.63) is 42.4 Å². The standard InChI is InChI=1S/C16H17N9O/c1-10-19-14(17-8-9-26)23-15(20-10)25-12-5-3-2-4-11(12)21-16(25)22-13-6-7-18-24-13/h2-7,26H,8-9H2,1H3,(H,17,19,20,23)(H2,18,21,22,24). The summed E-state index contributed by atoms with van der Waals surface area (Å²) in [5, 5.41) is 22.0. The van der Waals surface area contributed by atoms with Crippen LogP contribution < -0.4 is 10.6 Å². The van der Waals surface area contributed by atoms with Crippen molar-refractivity contribution in [2.45, 2.75) is 6.92 Å². The van der Waals surface area contributed by atoms with Gasteiger partial charge >= 0.3 is 0 Å². The topological polar surface area (TPSA) is 129 Å². The van der Waals surface area contributed by atoms with Crippen LogP contribution >= 0.6 is 0 Å². The largest absolute Gasteiger partial charge is 0.395 e. The molecule has 3 heterocycles. The molecular weight excluding hydrogens is 334 g/mol. The number of hydrogen-bond donors (Lipinski definition) is 4. The number of aromatic amines is 1. The van der Waals surface area contributed by atoms with Gasteiger partial charge in [0, 0.05) is 12.6 Å². The third-order valence-electron chi connectivity index (χ3n) is 3.64. The van der Waals surface area contributed by atoms with E-state index in [2.05, 4.69) is 40.8 Å². The van der Waals surface area contributed by atoms with Crippen molar-refractivity contribution in [1.29, 1.82) is 0 Å². The van der Waals surface area contributed by atoms with Crippen LogP contribution in [0.15, 0.2) is 36.5 Å². The fraction of sp³-hybridized carbons (Fsp3) is 0.188. The molecule has 4 rings (SSSR count). The van der Waals surface area contributed by atoms with Crippen molar-refractivity contribution in [3.8, 4) is 5.95 Å². The average Bonchev–Trinajstić information content (AvgIpc) is 3.27. The van der Waals surface area contributed by atoms with Crippen LogP contribution in [-0.2, 0) is 0 Å². The molecule has 0 spiro atoms. The van der Waals surface area contributed by atoms with Crippen LogP contribution in [0.5, 0.6) is 0 Å². The van der Waals surface area contributed by atoms with Crippen LogP contribution in [0.25, 0.3) is 17.0 Å². The Labute approximate surface area is 148 Å². The highest BCUT2D eigenvalue weighted by Gasteiger charge is 2.16. The highest BCUT2D eigenvalue weighted by Crippen LogP contribution is 2.25. The lowest BCUT2D eigenvalue weighted by Gasteiger charge is -2.10. The van der Waals surface area contributed by atoms with Gasteiger partial charge in [0.1, 0.15) is 11.6 Å². The Morgan fingerprint density at radius 2 is 2.00 bits per heavy atom. The molecule has 0 bridgehead atoms. The monoisotopic (exact) mass is 351 g/mol. The molecule has 4 aromatic rings. The van der Waals surface area contributed by atoms with Crippen LogP contribution in [0.1, 0.15) is 5.82 Å². The molecule has 0 saturated heterocycles. The number of benzene rings is 1. The Morgan fingerprint density at radius 3 is 2.81 bits per heavy atom. The predicted molar refractivity (Wildman–Crippen MR) is 96.6 cm³/mol. The molecule has 0 amide bonds. The Balaban J connectivity index is 1.85. The molecule has 0 aliphatic heterocycles.